The van der Waals surface area contributed by atoms with Gasteiger partial charge in [-0.2, -0.15) is 0 Å². The van der Waals surface area contributed by atoms with Crippen LogP contribution in [0.2, 0.25) is 0 Å². The van der Waals surface area contributed by atoms with E-state index in [4.69, 9.17) is 4.84 Å². The van der Waals surface area contributed by atoms with Crippen LogP contribution in [-0.4, -0.2) is 28.6 Å². The molecule has 0 unspecified atom stereocenters. The summed E-state index contributed by atoms with van der Waals surface area (Å²) in [6.07, 6.45) is 2.15. The number of carbonyl (C=O) groups is 3. The molecule has 138 valence electrons. The van der Waals surface area contributed by atoms with Crippen molar-refractivity contribution in [1.82, 2.24) is 5.06 Å². The van der Waals surface area contributed by atoms with Crippen molar-refractivity contribution in [2.24, 2.45) is 5.92 Å². The summed E-state index contributed by atoms with van der Waals surface area (Å²) in [7, 11) is 0. The molecule has 27 heavy (non-hydrogen) atoms. The zero-order valence-electron chi connectivity index (χ0n) is 13.9. The SMILES string of the molecule is O=C(ON1C(=O)c2ccccc2C1=O)c1c(F)ccc(SCC2CC2)c1F. The lowest BCUT2D eigenvalue weighted by Gasteiger charge is -2.14. The Labute approximate surface area is 157 Å². The van der Waals surface area contributed by atoms with E-state index >= 15 is 0 Å². The fourth-order valence-corrected chi connectivity index (χ4v) is 3.84. The molecule has 5 nitrogen and oxygen atoms in total. The zero-order valence-corrected chi connectivity index (χ0v) is 14.7. The Bertz CT molecular complexity index is 939. The molecule has 0 saturated heterocycles. The first-order valence-electron chi connectivity index (χ1n) is 8.28. The summed E-state index contributed by atoms with van der Waals surface area (Å²) < 4.78 is 28.7. The van der Waals surface area contributed by atoms with Crippen LogP contribution in [0, 0.1) is 17.6 Å². The van der Waals surface area contributed by atoms with E-state index in [2.05, 4.69) is 0 Å². The summed E-state index contributed by atoms with van der Waals surface area (Å²) in [6.45, 7) is 0. The summed E-state index contributed by atoms with van der Waals surface area (Å²) in [4.78, 5) is 41.7. The number of halogens is 2. The Morgan fingerprint density at radius 1 is 1.07 bits per heavy atom. The van der Waals surface area contributed by atoms with Crippen LogP contribution in [-0.2, 0) is 4.84 Å². The van der Waals surface area contributed by atoms with Crippen molar-refractivity contribution in [3.8, 4) is 0 Å². The standard InChI is InChI=1S/C19H13F2NO4S/c20-13-7-8-14(27-9-10-5-6-10)16(21)15(13)19(25)26-22-17(23)11-3-1-2-4-12(11)18(22)24/h1-4,7-8,10H,5-6,9H2. The van der Waals surface area contributed by atoms with Crippen molar-refractivity contribution in [2.75, 3.05) is 5.75 Å². The highest BCUT2D eigenvalue weighted by Crippen LogP contribution is 2.36. The molecule has 2 aromatic rings. The van der Waals surface area contributed by atoms with Gasteiger partial charge in [0.2, 0.25) is 0 Å². The number of amides is 2. The van der Waals surface area contributed by atoms with Gasteiger partial charge in [0, 0.05) is 10.6 Å². The van der Waals surface area contributed by atoms with E-state index in [1.165, 1.54) is 30.0 Å². The minimum Gasteiger partial charge on any atom is -0.324 e. The molecule has 2 aliphatic rings. The van der Waals surface area contributed by atoms with Crippen LogP contribution >= 0.6 is 11.8 Å². The van der Waals surface area contributed by atoms with Crippen molar-refractivity contribution in [2.45, 2.75) is 17.7 Å². The number of hydrogen-bond acceptors (Lipinski definition) is 5. The molecule has 0 N–H and O–H groups in total. The van der Waals surface area contributed by atoms with E-state index < -0.39 is 35.0 Å². The molecule has 1 saturated carbocycles. The molecular weight excluding hydrogens is 376 g/mol. The van der Waals surface area contributed by atoms with Crippen LogP contribution in [0.15, 0.2) is 41.3 Å². The first-order chi connectivity index (χ1) is 13.0. The fourth-order valence-electron chi connectivity index (χ4n) is 2.70. The molecule has 0 aromatic heterocycles. The minimum atomic E-state index is -1.44. The van der Waals surface area contributed by atoms with E-state index in [1.807, 2.05) is 0 Å². The molecule has 2 amide bonds. The van der Waals surface area contributed by atoms with Crippen molar-refractivity contribution in [3.05, 3.63) is 64.7 Å². The summed E-state index contributed by atoms with van der Waals surface area (Å²) in [5.74, 6) is -4.14. The molecule has 1 aliphatic heterocycles. The molecule has 4 rings (SSSR count). The summed E-state index contributed by atoms with van der Waals surface area (Å²) in [6, 6.07) is 8.14. The van der Waals surface area contributed by atoms with Gasteiger partial charge in [-0.15, -0.1) is 11.8 Å². The lowest BCUT2D eigenvalue weighted by molar-refractivity contribution is -0.0591. The number of hydrogen-bond donors (Lipinski definition) is 0. The molecule has 2 aromatic carbocycles. The Hall–Kier alpha value is -2.74. The lowest BCUT2D eigenvalue weighted by atomic mass is 10.1. The first kappa shape index (κ1) is 17.7. The average Bonchev–Trinajstić information content (AvgIpc) is 3.45. The van der Waals surface area contributed by atoms with E-state index in [0.717, 1.165) is 18.9 Å². The molecule has 0 atom stereocenters. The Balaban J connectivity index is 1.57. The van der Waals surface area contributed by atoms with Crippen molar-refractivity contribution < 1.29 is 28.0 Å². The molecule has 0 spiro atoms. The number of benzene rings is 2. The Morgan fingerprint density at radius 2 is 1.70 bits per heavy atom. The van der Waals surface area contributed by atoms with Crippen LogP contribution in [0.25, 0.3) is 0 Å². The smallest absolute Gasteiger partial charge is 0.324 e. The second-order valence-corrected chi connectivity index (χ2v) is 7.38. The van der Waals surface area contributed by atoms with Gasteiger partial charge in [-0.05, 0) is 43.0 Å². The molecule has 1 heterocycles. The quantitative estimate of drug-likeness (QED) is 0.574. The highest BCUT2D eigenvalue weighted by molar-refractivity contribution is 7.99. The second kappa shape index (κ2) is 6.77. The van der Waals surface area contributed by atoms with Gasteiger partial charge in [-0.3, -0.25) is 9.59 Å². The van der Waals surface area contributed by atoms with Crippen LogP contribution in [0.4, 0.5) is 8.78 Å². The van der Waals surface area contributed by atoms with Crippen LogP contribution in [0.5, 0.6) is 0 Å². The number of nitrogens with zero attached hydrogens (tertiary/aromatic N) is 1. The van der Waals surface area contributed by atoms with Crippen LogP contribution in [0.1, 0.15) is 43.9 Å². The van der Waals surface area contributed by atoms with Gasteiger partial charge < -0.3 is 4.84 Å². The van der Waals surface area contributed by atoms with Crippen LogP contribution in [0.3, 0.4) is 0 Å². The maximum Gasteiger partial charge on any atom is 0.369 e. The van der Waals surface area contributed by atoms with Gasteiger partial charge in [0.05, 0.1) is 11.1 Å². The van der Waals surface area contributed by atoms with Gasteiger partial charge in [-0.1, -0.05) is 17.2 Å². The average molecular weight is 389 g/mol. The van der Waals surface area contributed by atoms with Crippen molar-refractivity contribution in [3.63, 3.8) is 0 Å². The fraction of sp³-hybridized carbons (Fsp3) is 0.211. The summed E-state index contributed by atoms with van der Waals surface area (Å²) in [5, 5.41) is 0.232. The topological polar surface area (TPSA) is 63.7 Å². The van der Waals surface area contributed by atoms with E-state index in [9.17, 15) is 23.2 Å². The van der Waals surface area contributed by atoms with Crippen molar-refractivity contribution in [1.29, 1.82) is 0 Å². The highest BCUT2D eigenvalue weighted by atomic mass is 32.2. The van der Waals surface area contributed by atoms with Crippen LogP contribution < -0.4 is 0 Å². The molecular formula is C19H13F2NO4S. The van der Waals surface area contributed by atoms with Gasteiger partial charge in [-0.25, -0.2) is 13.6 Å². The summed E-state index contributed by atoms with van der Waals surface area (Å²) in [5.41, 5.74) is -0.803. The normalized spacial score (nSPS) is 15.9. The van der Waals surface area contributed by atoms with Gasteiger partial charge in [0.25, 0.3) is 11.8 Å². The monoisotopic (exact) mass is 389 g/mol. The van der Waals surface area contributed by atoms with Gasteiger partial charge >= 0.3 is 5.97 Å². The third kappa shape index (κ3) is 3.21. The zero-order chi connectivity index (χ0) is 19.1. The molecule has 0 radical (unpaired) electrons. The minimum absolute atomic E-state index is 0.0602. The Kier molecular flexibility index (Phi) is 4.43. The summed E-state index contributed by atoms with van der Waals surface area (Å²) >= 11 is 1.19. The number of hydroxylamine groups is 2. The molecule has 1 aliphatic carbocycles. The largest absolute Gasteiger partial charge is 0.369 e. The molecule has 1 fully saturated rings. The Morgan fingerprint density at radius 3 is 2.30 bits per heavy atom. The maximum atomic E-state index is 14.6. The number of carbonyl (C=O) groups excluding carboxylic acids is 3. The molecule has 0 bridgehead atoms. The first-order valence-corrected chi connectivity index (χ1v) is 9.27. The maximum absolute atomic E-state index is 14.6. The van der Waals surface area contributed by atoms with Gasteiger partial charge in [0.1, 0.15) is 11.4 Å². The number of rotatable bonds is 5. The predicted octanol–water partition coefficient (Wildman–Crippen LogP) is 3.83. The second-order valence-electron chi connectivity index (χ2n) is 6.32. The lowest BCUT2D eigenvalue weighted by Crippen LogP contribution is -2.33. The molecule has 8 heteroatoms. The third-order valence-electron chi connectivity index (χ3n) is 4.36. The predicted molar refractivity (Wildman–Crippen MR) is 92.2 cm³/mol. The van der Waals surface area contributed by atoms with E-state index in [0.29, 0.717) is 11.7 Å². The third-order valence-corrected chi connectivity index (χ3v) is 5.63. The van der Waals surface area contributed by atoms with E-state index in [1.54, 1.807) is 12.1 Å². The van der Waals surface area contributed by atoms with E-state index in [-0.39, 0.29) is 21.1 Å². The van der Waals surface area contributed by atoms with Gasteiger partial charge in [0.15, 0.2) is 5.82 Å². The highest BCUT2D eigenvalue weighted by Gasteiger charge is 2.39. The number of thioether (sulfide) groups is 1. The number of fused-ring (bicyclic) bond motifs is 1. The van der Waals surface area contributed by atoms with Crippen molar-refractivity contribution >= 4 is 29.5 Å². The number of imide groups is 1.